The van der Waals surface area contributed by atoms with Crippen molar-refractivity contribution in [3.05, 3.63) is 59.7 Å². The first-order valence-corrected chi connectivity index (χ1v) is 11.6. The highest BCUT2D eigenvalue weighted by Gasteiger charge is 2.28. The SMILES string of the molecule is COc1ccc(CN(Cc2ccc(OC)cc2)SCCN2C(=O)N(C)CCC2C)cc1. The van der Waals surface area contributed by atoms with Gasteiger partial charge in [-0.2, -0.15) is 0 Å². The van der Waals surface area contributed by atoms with Crippen LogP contribution in [0.15, 0.2) is 48.5 Å². The fraction of sp³-hybridized carbons (Fsp3) is 0.458. The van der Waals surface area contributed by atoms with Crippen molar-refractivity contribution in [1.29, 1.82) is 0 Å². The lowest BCUT2D eigenvalue weighted by Gasteiger charge is -2.38. The molecular weight excluding hydrogens is 410 g/mol. The minimum absolute atomic E-state index is 0.135. The topological polar surface area (TPSA) is 45.3 Å². The molecule has 3 rings (SSSR count). The molecule has 31 heavy (non-hydrogen) atoms. The third-order valence-electron chi connectivity index (χ3n) is 5.63. The molecule has 1 saturated heterocycles. The standard InChI is InChI=1S/C24H33N3O3S/c1-19-13-14-25(2)24(28)27(19)15-16-31-26(17-20-5-9-22(29-3)10-6-20)18-21-7-11-23(30-4)12-8-21/h5-12,19H,13-18H2,1-4H3. The second kappa shape index (κ2) is 11.3. The first-order chi connectivity index (χ1) is 15.0. The number of ether oxygens (including phenoxy) is 2. The molecule has 1 unspecified atom stereocenters. The number of hydrogen-bond acceptors (Lipinski definition) is 5. The van der Waals surface area contributed by atoms with Crippen molar-refractivity contribution in [2.75, 3.05) is 40.1 Å². The average Bonchev–Trinajstić information content (AvgIpc) is 2.79. The van der Waals surface area contributed by atoms with Crippen LogP contribution in [0.5, 0.6) is 11.5 Å². The van der Waals surface area contributed by atoms with Crippen molar-refractivity contribution >= 4 is 18.0 Å². The number of carbonyl (C=O) groups is 1. The van der Waals surface area contributed by atoms with E-state index < -0.39 is 0 Å². The van der Waals surface area contributed by atoms with Crippen molar-refractivity contribution in [3.8, 4) is 11.5 Å². The number of benzene rings is 2. The van der Waals surface area contributed by atoms with Gasteiger partial charge in [0.05, 0.1) is 14.2 Å². The van der Waals surface area contributed by atoms with Crippen molar-refractivity contribution in [2.45, 2.75) is 32.5 Å². The zero-order valence-corrected chi connectivity index (χ0v) is 19.7. The summed E-state index contributed by atoms with van der Waals surface area (Å²) in [5.41, 5.74) is 2.45. The van der Waals surface area contributed by atoms with Crippen LogP contribution in [-0.4, -0.2) is 66.3 Å². The Morgan fingerprint density at radius 3 is 1.97 bits per heavy atom. The summed E-state index contributed by atoms with van der Waals surface area (Å²) in [5.74, 6) is 2.58. The summed E-state index contributed by atoms with van der Waals surface area (Å²) in [6.45, 7) is 5.34. The summed E-state index contributed by atoms with van der Waals surface area (Å²) >= 11 is 1.79. The van der Waals surface area contributed by atoms with E-state index >= 15 is 0 Å². The second-order valence-electron chi connectivity index (χ2n) is 7.86. The van der Waals surface area contributed by atoms with E-state index in [1.807, 2.05) is 41.1 Å². The highest BCUT2D eigenvalue weighted by molar-refractivity contribution is 7.97. The highest BCUT2D eigenvalue weighted by Crippen LogP contribution is 2.23. The molecule has 2 amide bonds. The van der Waals surface area contributed by atoms with Gasteiger partial charge in [0.2, 0.25) is 0 Å². The van der Waals surface area contributed by atoms with Crippen LogP contribution in [0.3, 0.4) is 0 Å². The van der Waals surface area contributed by atoms with Crippen molar-refractivity contribution in [1.82, 2.24) is 14.1 Å². The predicted molar refractivity (Wildman–Crippen MR) is 127 cm³/mol. The van der Waals surface area contributed by atoms with Crippen LogP contribution < -0.4 is 9.47 Å². The maximum absolute atomic E-state index is 12.5. The zero-order chi connectivity index (χ0) is 22.2. The smallest absolute Gasteiger partial charge is 0.320 e. The molecule has 1 aliphatic heterocycles. The van der Waals surface area contributed by atoms with E-state index in [1.165, 1.54) is 11.1 Å². The van der Waals surface area contributed by atoms with Crippen LogP contribution in [-0.2, 0) is 13.1 Å². The van der Waals surface area contributed by atoms with Crippen LogP contribution in [0.4, 0.5) is 4.79 Å². The van der Waals surface area contributed by atoms with E-state index in [0.29, 0.717) is 6.04 Å². The molecule has 0 bridgehead atoms. The van der Waals surface area contributed by atoms with Gasteiger partial charge < -0.3 is 19.3 Å². The Morgan fingerprint density at radius 2 is 1.48 bits per heavy atom. The Bertz CT molecular complexity index is 779. The van der Waals surface area contributed by atoms with Gasteiger partial charge in [0.1, 0.15) is 11.5 Å². The molecule has 6 nitrogen and oxygen atoms in total. The van der Waals surface area contributed by atoms with Crippen molar-refractivity contribution in [2.24, 2.45) is 0 Å². The Morgan fingerprint density at radius 1 is 0.968 bits per heavy atom. The van der Waals surface area contributed by atoms with Gasteiger partial charge >= 0.3 is 6.03 Å². The average molecular weight is 444 g/mol. The van der Waals surface area contributed by atoms with Crippen LogP contribution in [0.25, 0.3) is 0 Å². The number of nitrogens with zero attached hydrogens (tertiary/aromatic N) is 3. The molecule has 2 aromatic rings. The minimum atomic E-state index is 0.135. The molecule has 1 heterocycles. The van der Waals surface area contributed by atoms with Gasteiger partial charge in [-0.1, -0.05) is 36.2 Å². The summed E-state index contributed by atoms with van der Waals surface area (Å²) in [7, 11) is 5.25. The fourth-order valence-electron chi connectivity index (χ4n) is 3.64. The summed E-state index contributed by atoms with van der Waals surface area (Å²) in [6, 6.07) is 16.8. The molecule has 0 saturated carbocycles. The molecular formula is C24H33N3O3S. The molecule has 1 aliphatic rings. The van der Waals surface area contributed by atoms with E-state index in [4.69, 9.17) is 9.47 Å². The molecule has 1 fully saturated rings. The van der Waals surface area contributed by atoms with Crippen molar-refractivity contribution < 1.29 is 14.3 Å². The Labute approximate surface area is 190 Å². The maximum Gasteiger partial charge on any atom is 0.320 e. The van der Waals surface area contributed by atoms with Gasteiger partial charge in [0, 0.05) is 45.0 Å². The lowest BCUT2D eigenvalue weighted by Crippen LogP contribution is -2.52. The summed E-state index contributed by atoms with van der Waals surface area (Å²) in [6.07, 6.45) is 1.02. The molecule has 0 spiro atoms. The van der Waals surface area contributed by atoms with E-state index in [2.05, 4.69) is 35.5 Å². The van der Waals surface area contributed by atoms with Crippen LogP contribution in [0, 0.1) is 0 Å². The molecule has 2 aromatic carbocycles. The maximum atomic E-state index is 12.5. The quantitative estimate of drug-likeness (QED) is 0.506. The fourth-order valence-corrected chi connectivity index (χ4v) is 4.66. The number of amides is 2. The summed E-state index contributed by atoms with van der Waals surface area (Å²) in [4.78, 5) is 16.3. The molecule has 168 valence electrons. The van der Waals surface area contributed by atoms with Gasteiger partial charge in [0.25, 0.3) is 0 Å². The lowest BCUT2D eigenvalue weighted by molar-refractivity contribution is 0.118. The first kappa shape index (κ1) is 23.3. The molecule has 0 aliphatic carbocycles. The predicted octanol–water partition coefficient (Wildman–Crippen LogP) is 4.50. The Hall–Kier alpha value is -2.38. The minimum Gasteiger partial charge on any atom is -0.497 e. The molecule has 1 atom stereocenters. The molecule has 0 N–H and O–H groups in total. The third kappa shape index (κ3) is 6.55. The van der Waals surface area contributed by atoms with Crippen LogP contribution in [0.2, 0.25) is 0 Å². The molecule has 0 radical (unpaired) electrons. The monoisotopic (exact) mass is 443 g/mol. The number of carbonyl (C=O) groups excluding carboxylic acids is 1. The number of hydrogen-bond donors (Lipinski definition) is 0. The van der Waals surface area contributed by atoms with E-state index in [1.54, 1.807) is 26.2 Å². The number of urea groups is 1. The van der Waals surface area contributed by atoms with Gasteiger partial charge in [-0.15, -0.1) is 0 Å². The normalized spacial score (nSPS) is 16.7. The van der Waals surface area contributed by atoms with Gasteiger partial charge in [-0.3, -0.25) is 0 Å². The van der Waals surface area contributed by atoms with E-state index in [-0.39, 0.29) is 6.03 Å². The highest BCUT2D eigenvalue weighted by atomic mass is 32.2. The third-order valence-corrected chi connectivity index (χ3v) is 6.62. The van der Waals surface area contributed by atoms with Gasteiger partial charge in [-0.05, 0) is 48.7 Å². The number of rotatable bonds is 10. The largest absolute Gasteiger partial charge is 0.497 e. The first-order valence-electron chi connectivity index (χ1n) is 10.7. The van der Waals surface area contributed by atoms with E-state index in [9.17, 15) is 4.79 Å². The van der Waals surface area contributed by atoms with Crippen molar-refractivity contribution in [3.63, 3.8) is 0 Å². The van der Waals surface area contributed by atoms with Crippen LogP contribution in [0.1, 0.15) is 24.5 Å². The van der Waals surface area contributed by atoms with Crippen LogP contribution >= 0.6 is 11.9 Å². The van der Waals surface area contributed by atoms with E-state index in [0.717, 1.165) is 49.9 Å². The Balaban J connectivity index is 1.64. The molecule has 0 aromatic heterocycles. The molecule has 7 heteroatoms. The Kier molecular flexibility index (Phi) is 8.49. The van der Waals surface area contributed by atoms with Gasteiger partial charge in [-0.25, -0.2) is 9.10 Å². The lowest BCUT2D eigenvalue weighted by atomic mass is 10.1. The van der Waals surface area contributed by atoms with Gasteiger partial charge in [0.15, 0.2) is 0 Å². The zero-order valence-electron chi connectivity index (χ0n) is 18.9. The second-order valence-corrected chi connectivity index (χ2v) is 9.05. The number of methoxy groups -OCH3 is 2. The summed E-state index contributed by atoms with van der Waals surface area (Å²) < 4.78 is 12.9. The summed E-state index contributed by atoms with van der Waals surface area (Å²) in [5, 5.41) is 0.